The molecule has 9 heteroatoms. The van der Waals surface area contributed by atoms with Crippen LogP contribution in [0.5, 0.6) is 0 Å². The first kappa shape index (κ1) is 35.4. The van der Waals surface area contributed by atoms with Gasteiger partial charge in [0, 0.05) is 23.1 Å². The van der Waals surface area contributed by atoms with E-state index in [1.165, 1.54) is 43.9 Å². The van der Waals surface area contributed by atoms with Crippen molar-refractivity contribution in [2.24, 2.45) is 0 Å². The number of carbonyl (C=O) groups excluding carboxylic acids is 2. The smallest absolute Gasteiger partial charge is 0.345 e. The zero-order chi connectivity index (χ0) is 28.8. The molecule has 208 valence electrons. The third-order valence-corrected chi connectivity index (χ3v) is 6.27. The van der Waals surface area contributed by atoms with Crippen LogP contribution >= 0.6 is 15.9 Å². The predicted molar refractivity (Wildman–Crippen MR) is 153 cm³/mol. The number of carbonyl (C=O) groups is 2. The summed E-state index contributed by atoms with van der Waals surface area (Å²) < 4.78 is 52.0. The molecule has 1 amide bonds. The number of aldehydes is 1. The van der Waals surface area contributed by atoms with Crippen molar-refractivity contribution in [3.05, 3.63) is 101 Å². The van der Waals surface area contributed by atoms with Crippen molar-refractivity contribution in [3.8, 4) is 0 Å². The topological polar surface area (TPSA) is 37.4 Å². The second-order valence-corrected chi connectivity index (χ2v) is 9.72. The predicted octanol–water partition coefficient (Wildman–Crippen LogP) is 6.06. The van der Waals surface area contributed by atoms with Gasteiger partial charge in [-0.15, -0.1) is 0 Å². The van der Waals surface area contributed by atoms with Gasteiger partial charge < -0.3 is 11.8 Å². The minimum Gasteiger partial charge on any atom is -0.345 e. The molecule has 1 aliphatic rings. The number of unbranched alkanes of at least 4 members (excludes halogenated alkanes) is 1. The molecule has 1 heterocycles. The molecule has 0 N–H and O–H groups in total. The van der Waals surface area contributed by atoms with Crippen molar-refractivity contribution in [1.29, 1.82) is 0 Å². The van der Waals surface area contributed by atoms with E-state index in [0.717, 1.165) is 42.5 Å². The van der Waals surface area contributed by atoms with E-state index in [4.69, 9.17) is 0 Å². The fourth-order valence-corrected chi connectivity index (χ4v) is 3.95. The molecule has 0 unspecified atom stereocenters. The van der Waals surface area contributed by atoms with Gasteiger partial charge in [0.2, 0.25) is 6.41 Å². The molecule has 4 aromatic rings. The van der Waals surface area contributed by atoms with E-state index in [1.54, 1.807) is 30.3 Å². The van der Waals surface area contributed by atoms with E-state index in [2.05, 4.69) is 29.8 Å². The van der Waals surface area contributed by atoms with Crippen LogP contribution in [0.25, 0.3) is 21.5 Å². The van der Waals surface area contributed by atoms with Crippen LogP contribution < -0.4 is 18.9 Å². The Labute approximate surface area is 253 Å². The van der Waals surface area contributed by atoms with E-state index in [-0.39, 0.29) is 18.9 Å². The van der Waals surface area contributed by atoms with Crippen LogP contribution in [0.1, 0.15) is 49.4 Å². The third kappa shape index (κ3) is 11.4. The molecule has 4 aromatic carbocycles. The summed E-state index contributed by atoms with van der Waals surface area (Å²) in [7, 11) is 0. The number of hydrogen-bond acceptors (Lipinski definition) is 2. The number of halogens is 5. The minimum absolute atomic E-state index is 0. The zero-order valence-corrected chi connectivity index (χ0v) is 24.3. The second kappa shape index (κ2) is 18.6. The average molecular weight is 612 g/mol. The molecule has 1 fully saturated rings. The molecule has 0 aliphatic carbocycles. The van der Waals surface area contributed by atoms with E-state index in [9.17, 15) is 27.2 Å². The normalized spacial score (nSPS) is 12.0. The monoisotopic (exact) mass is 611 g/mol. The van der Waals surface area contributed by atoms with Gasteiger partial charge in [0.1, 0.15) is 6.29 Å². The number of benzene rings is 4. The van der Waals surface area contributed by atoms with Gasteiger partial charge in [0.05, 0.1) is 0 Å². The molecule has 0 radical (unpaired) electrons. The molecule has 0 aromatic heterocycles. The second-order valence-electron chi connectivity index (χ2n) is 8.80. The van der Waals surface area contributed by atoms with Gasteiger partial charge in [-0.2, -0.15) is 6.42 Å². The van der Waals surface area contributed by atoms with Crippen molar-refractivity contribution < 1.29 is 46.0 Å². The van der Waals surface area contributed by atoms with Crippen LogP contribution in [-0.2, 0) is 4.79 Å². The maximum atomic E-state index is 12.8. The van der Waals surface area contributed by atoms with Crippen LogP contribution in [0.3, 0.4) is 0 Å². The standard InChI is InChI=1S/C11H6F2O.C10H5BrF2.C6H11NO.C4H9.Li/c12-10-4-8-2-1-7(6-14)3-9(8)5-11(10)13;11-8-2-1-6-4-9(12)10(13)5-7(6)3-8;8-6-7-4-2-1-3-5-7;1-3-4-2;/h1-6H;1-5H;6H,1-5H2;1,3-4H2,2H3;/q;;;-1;+1. The number of rotatable bonds is 3. The van der Waals surface area contributed by atoms with Crippen LogP contribution in [0.4, 0.5) is 17.6 Å². The number of nitrogens with zero attached hydrogens (tertiary/aromatic N) is 1. The SMILES string of the molecule is Fc1cc2ccc(Br)cc2cc1F.O=CN1CCCCC1.O=Cc1ccc2cc(F)c(F)cc2c1.[CH2-]CCC.[Li+]. The maximum absolute atomic E-state index is 12.8. The van der Waals surface area contributed by atoms with Gasteiger partial charge in [0.25, 0.3) is 0 Å². The van der Waals surface area contributed by atoms with Crippen LogP contribution in [-0.4, -0.2) is 30.7 Å². The van der Waals surface area contributed by atoms with Gasteiger partial charge in [0.15, 0.2) is 23.3 Å². The molecular formula is C31H31BrF4LiNO2. The number of hydrogen-bond donors (Lipinski definition) is 0. The summed E-state index contributed by atoms with van der Waals surface area (Å²) >= 11 is 3.26. The molecule has 1 saturated heterocycles. The van der Waals surface area contributed by atoms with Crippen molar-refractivity contribution >= 4 is 50.2 Å². The first-order valence-electron chi connectivity index (χ1n) is 12.6. The first-order chi connectivity index (χ1) is 18.7. The molecule has 5 rings (SSSR count). The largest absolute Gasteiger partial charge is 1.00 e. The molecule has 1 aliphatic heterocycles. The number of amides is 1. The molecule has 0 atom stereocenters. The minimum atomic E-state index is -0.902. The molecular weight excluding hydrogens is 581 g/mol. The van der Waals surface area contributed by atoms with Crippen LogP contribution in [0.2, 0.25) is 0 Å². The number of fused-ring (bicyclic) bond motifs is 2. The van der Waals surface area contributed by atoms with Crippen LogP contribution in [0.15, 0.2) is 65.1 Å². The maximum Gasteiger partial charge on any atom is 1.00 e. The number of piperidine rings is 1. The Morgan fingerprint density at radius 3 is 1.62 bits per heavy atom. The average Bonchev–Trinajstić information content (AvgIpc) is 2.95. The van der Waals surface area contributed by atoms with Gasteiger partial charge in [-0.25, -0.2) is 17.6 Å². The fraction of sp³-hybridized carbons (Fsp3) is 0.258. The Balaban J connectivity index is 0.000000286. The molecule has 0 spiro atoms. The van der Waals surface area contributed by atoms with Gasteiger partial charge in [-0.3, -0.25) is 9.59 Å². The molecule has 0 bridgehead atoms. The summed E-state index contributed by atoms with van der Waals surface area (Å²) in [5.41, 5.74) is 0.448. The van der Waals surface area contributed by atoms with E-state index in [1.807, 2.05) is 4.90 Å². The Morgan fingerprint density at radius 2 is 1.20 bits per heavy atom. The zero-order valence-electron chi connectivity index (χ0n) is 22.7. The van der Waals surface area contributed by atoms with Crippen molar-refractivity contribution in [3.63, 3.8) is 0 Å². The summed E-state index contributed by atoms with van der Waals surface area (Å²) in [6, 6.07) is 14.5. The summed E-state index contributed by atoms with van der Waals surface area (Å²) in [6.45, 7) is 7.67. The molecule has 3 nitrogen and oxygen atoms in total. The Kier molecular flexibility index (Phi) is 16.5. The first-order valence-corrected chi connectivity index (χ1v) is 13.4. The number of likely N-dealkylation sites (tertiary alicyclic amines) is 1. The molecule has 40 heavy (non-hydrogen) atoms. The summed E-state index contributed by atoms with van der Waals surface area (Å²) in [5, 5.41) is 2.48. The van der Waals surface area contributed by atoms with Crippen molar-refractivity contribution in [1.82, 2.24) is 4.90 Å². The van der Waals surface area contributed by atoms with E-state index >= 15 is 0 Å². The Hall–Kier alpha value is -2.66. The Morgan fingerprint density at radius 1 is 0.750 bits per heavy atom. The summed E-state index contributed by atoms with van der Waals surface area (Å²) in [6.07, 6.45) is 7.57. The molecule has 0 saturated carbocycles. The van der Waals surface area contributed by atoms with Gasteiger partial charge in [-0.05, 0) is 83.3 Å². The van der Waals surface area contributed by atoms with Gasteiger partial charge in [-0.1, -0.05) is 47.5 Å². The quantitative estimate of drug-likeness (QED) is 0.122. The van der Waals surface area contributed by atoms with Crippen LogP contribution in [0, 0.1) is 30.2 Å². The Bertz CT molecular complexity index is 1380. The summed E-state index contributed by atoms with van der Waals surface area (Å²) in [4.78, 5) is 22.4. The van der Waals surface area contributed by atoms with Crippen molar-refractivity contribution in [2.45, 2.75) is 39.0 Å². The fourth-order valence-electron chi connectivity index (χ4n) is 3.57. The van der Waals surface area contributed by atoms with Gasteiger partial charge >= 0.3 is 18.9 Å². The third-order valence-electron chi connectivity index (χ3n) is 5.77. The van der Waals surface area contributed by atoms with E-state index in [0.29, 0.717) is 33.4 Å². The summed E-state index contributed by atoms with van der Waals surface area (Å²) in [5.74, 6) is -3.41. The van der Waals surface area contributed by atoms with E-state index < -0.39 is 23.3 Å². The van der Waals surface area contributed by atoms with Crippen molar-refractivity contribution in [2.75, 3.05) is 13.1 Å².